The third-order valence-corrected chi connectivity index (χ3v) is 1.85. The van der Waals surface area contributed by atoms with Crippen molar-refractivity contribution in [1.82, 2.24) is 10.3 Å². The zero-order valence-electron chi connectivity index (χ0n) is 7.38. The summed E-state index contributed by atoms with van der Waals surface area (Å²) < 4.78 is 4.35. The molecule has 70 valence electrons. The van der Waals surface area contributed by atoms with E-state index in [1.165, 1.54) is 6.20 Å². The van der Waals surface area contributed by atoms with E-state index in [0.29, 0.717) is 6.42 Å². The van der Waals surface area contributed by atoms with E-state index < -0.39 is 0 Å². The summed E-state index contributed by atoms with van der Waals surface area (Å²) in [5, 5.41) is 6.85. The Hall–Kier alpha value is -1.97. The van der Waals surface area contributed by atoms with E-state index in [9.17, 15) is 4.79 Å². The number of rotatable bonds is 3. The van der Waals surface area contributed by atoms with Gasteiger partial charge in [0.05, 0.1) is 0 Å². The first kappa shape index (κ1) is 8.62. The van der Waals surface area contributed by atoms with Crippen LogP contribution in [0.2, 0.25) is 0 Å². The van der Waals surface area contributed by atoms with Crippen molar-refractivity contribution in [2.75, 3.05) is 0 Å². The van der Waals surface area contributed by atoms with Crippen LogP contribution in [0.1, 0.15) is 16.1 Å². The van der Waals surface area contributed by atoms with Crippen molar-refractivity contribution in [3.63, 3.8) is 0 Å². The molecular weight excluding hydrogens is 180 g/mol. The maximum atomic E-state index is 11.5. The van der Waals surface area contributed by atoms with Crippen LogP contribution in [0.25, 0.3) is 0 Å². The number of ketones is 1. The second-order valence-corrected chi connectivity index (χ2v) is 2.88. The van der Waals surface area contributed by atoms with Gasteiger partial charge in [0.1, 0.15) is 6.20 Å². The largest absolute Gasteiger partial charge is 0.292 e. The molecule has 0 bridgehead atoms. The van der Waals surface area contributed by atoms with E-state index in [1.54, 1.807) is 0 Å². The van der Waals surface area contributed by atoms with Crippen LogP contribution >= 0.6 is 0 Å². The minimum absolute atomic E-state index is 0.0857. The predicted octanol–water partition coefficient (Wildman–Crippen LogP) is 1.49. The monoisotopic (exact) mass is 188 g/mol. The van der Waals surface area contributed by atoms with Crippen LogP contribution in [0.4, 0.5) is 0 Å². The van der Waals surface area contributed by atoms with Crippen LogP contribution < -0.4 is 0 Å². The first-order valence-electron chi connectivity index (χ1n) is 4.21. The lowest BCUT2D eigenvalue weighted by molar-refractivity contribution is 0.0983. The highest BCUT2D eigenvalue weighted by molar-refractivity contribution is 5.95. The van der Waals surface area contributed by atoms with Gasteiger partial charge in [0.2, 0.25) is 0 Å². The molecule has 0 saturated heterocycles. The highest BCUT2D eigenvalue weighted by Gasteiger charge is 2.10. The molecule has 0 N–H and O–H groups in total. The third-order valence-electron chi connectivity index (χ3n) is 1.85. The van der Waals surface area contributed by atoms with Crippen LogP contribution in [-0.4, -0.2) is 16.1 Å². The van der Waals surface area contributed by atoms with Gasteiger partial charge < -0.3 is 0 Å². The Bertz CT molecular complexity index is 409. The molecule has 4 heteroatoms. The molecule has 0 aliphatic heterocycles. The molecular formula is C10H8N2O2. The van der Waals surface area contributed by atoms with Crippen LogP contribution in [-0.2, 0) is 6.42 Å². The molecule has 4 nitrogen and oxygen atoms in total. The Kier molecular flexibility index (Phi) is 2.36. The van der Waals surface area contributed by atoms with Crippen molar-refractivity contribution >= 4 is 5.78 Å². The average Bonchev–Trinajstić information content (AvgIpc) is 2.72. The molecule has 0 radical (unpaired) electrons. The second-order valence-electron chi connectivity index (χ2n) is 2.88. The molecule has 0 atom stereocenters. The first-order valence-corrected chi connectivity index (χ1v) is 4.21. The molecule has 14 heavy (non-hydrogen) atoms. The zero-order chi connectivity index (χ0) is 9.80. The molecule has 1 aromatic carbocycles. The average molecular weight is 188 g/mol. The van der Waals surface area contributed by atoms with Gasteiger partial charge in [-0.25, -0.2) is 4.63 Å². The molecule has 0 spiro atoms. The molecule has 0 aliphatic rings. The van der Waals surface area contributed by atoms with Crippen LogP contribution in [0.3, 0.4) is 0 Å². The Morgan fingerprint density at radius 1 is 1.29 bits per heavy atom. The van der Waals surface area contributed by atoms with Gasteiger partial charge in [0, 0.05) is 6.42 Å². The summed E-state index contributed by atoms with van der Waals surface area (Å²) in [5.74, 6) is -0.0857. The molecule has 2 aromatic rings. The normalized spacial score (nSPS) is 10.0. The van der Waals surface area contributed by atoms with E-state index >= 15 is 0 Å². The van der Waals surface area contributed by atoms with Gasteiger partial charge in [-0.1, -0.05) is 35.5 Å². The highest BCUT2D eigenvalue weighted by atomic mass is 16.6. The minimum Gasteiger partial charge on any atom is -0.292 e. The molecule has 0 fully saturated rings. The fourth-order valence-corrected chi connectivity index (χ4v) is 1.16. The van der Waals surface area contributed by atoms with Gasteiger partial charge in [0.15, 0.2) is 11.5 Å². The molecule has 0 amide bonds. The second kappa shape index (κ2) is 3.83. The van der Waals surface area contributed by atoms with Crippen LogP contribution in [0, 0.1) is 0 Å². The van der Waals surface area contributed by atoms with Crippen LogP contribution in [0.5, 0.6) is 0 Å². The Labute approximate surface area is 80.5 Å². The Morgan fingerprint density at radius 2 is 2.07 bits per heavy atom. The maximum Gasteiger partial charge on any atom is 0.190 e. The molecule has 0 saturated carbocycles. The van der Waals surface area contributed by atoms with Crippen molar-refractivity contribution in [3.8, 4) is 0 Å². The summed E-state index contributed by atoms with van der Waals surface area (Å²) in [6.45, 7) is 0. The highest BCUT2D eigenvalue weighted by Crippen LogP contribution is 2.04. The van der Waals surface area contributed by atoms with Gasteiger partial charge in [-0.15, -0.1) is 0 Å². The minimum atomic E-state index is -0.0857. The van der Waals surface area contributed by atoms with E-state index in [-0.39, 0.29) is 11.5 Å². The van der Waals surface area contributed by atoms with Crippen molar-refractivity contribution in [1.29, 1.82) is 0 Å². The number of nitrogens with zero attached hydrogens (tertiary/aromatic N) is 2. The van der Waals surface area contributed by atoms with Gasteiger partial charge >= 0.3 is 0 Å². The summed E-state index contributed by atoms with van der Waals surface area (Å²) >= 11 is 0. The summed E-state index contributed by atoms with van der Waals surface area (Å²) in [6, 6.07) is 9.48. The van der Waals surface area contributed by atoms with E-state index in [2.05, 4.69) is 14.9 Å². The van der Waals surface area contributed by atoms with Gasteiger partial charge in [-0.2, -0.15) is 0 Å². The number of hydrogen-bond acceptors (Lipinski definition) is 4. The Balaban J connectivity index is 2.10. The number of carbonyl (C=O) groups is 1. The number of aromatic nitrogens is 2. The fraction of sp³-hybridized carbons (Fsp3) is 0.100. The topological polar surface area (TPSA) is 56.0 Å². The maximum absolute atomic E-state index is 11.5. The SMILES string of the molecule is O=C(Cc1ccccc1)c1cnon1. The summed E-state index contributed by atoms with van der Waals surface area (Å²) in [5.41, 5.74) is 1.23. The number of carbonyl (C=O) groups excluding carboxylic acids is 1. The lowest BCUT2D eigenvalue weighted by Crippen LogP contribution is -2.03. The predicted molar refractivity (Wildman–Crippen MR) is 48.8 cm³/mol. The summed E-state index contributed by atoms with van der Waals surface area (Å²) in [4.78, 5) is 11.5. The zero-order valence-corrected chi connectivity index (χ0v) is 7.38. The van der Waals surface area contributed by atoms with Gasteiger partial charge in [-0.05, 0) is 10.7 Å². The lowest BCUT2D eigenvalue weighted by Gasteiger charge is -1.95. The van der Waals surface area contributed by atoms with Gasteiger partial charge in [-0.3, -0.25) is 4.79 Å². The standard InChI is InChI=1S/C10H8N2O2/c13-10(9-7-11-14-12-9)6-8-4-2-1-3-5-8/h1-5,7H,6H2. The van der Waals surface area contributed by atoms with Crippen molar-refractivity contribution < 1.29 is 9.42 Å². The molecule has 0 unspecified atom stereocenters. The van der Waals surface area contributed by atoms with Gasteiger partial charge in [0.25, 0.3) is 0 Å². The number of benzene rings is 1. The van der Waals surface area contributed by atoms with Crippen molar-refractivity contribution in [2.24, 2.45) is 0 Å². The fourth-order valence-electron chi connectivity index (χ4n) is 1.16. The first-order chi connectivity index (χ1) is 6.86. The third kappa shape index (κ3) is 1.85. The number of hydrogen-bond donors (Lipinski definition) is 0. The van der Waals surface area contributed by atoms with Crippen molar-refractivity contribution in [2.45, 2.75) is 6.42 Å². The Morgan fingerprint density at radius 3 is 2.71 bits per heavy atom. The quantitative estimate of drug-likeness (QED) is 0.685. The lowest BCUT2D eigenvalue weighted by atomic mass is 10.1. The summed E-state index contributed by atoms with van der Waals surface area (Å²) in [6.07, 6.45) is 1.65. The smallest absolute Gasteiger partial charge is 0.190 e. The van der Waals surface area contributed by atoms with Crippen molar-refractivity contribution in [3.05, 3.63) is 47.8 Å². The van der Waals surface area contributed by atoms with E-state index in [0.717, 1.165) is 5.56 Å². The molecule has 0 aliphatic carbocycles. The molecule has 2 rings (SSSR count). The molecule has 1 heterocycles. The number of Topliss-reactive ketones (excluding diaryl/α,β-unsaturated/α-hetero) is 1. The molecule has 1 aromatic heterocycles. The van der Waals surface area contributed by atoms with E-state index in [1.807, 2.05) is 30.3 Å². The summed E-state index contributed by atoms with van der Waals surface area (Å²) in [7, 11) is 0. The van der Waals surface area contributed by atoms with E-state index in [4.69, 9.17) is 0 Å². The van der Waals surface area contributed by atoms with Crippen LogP contribution in [0.15, 0.2) is 41.2 Å².